The molecule has 3 rings (SSSR count). The zero-order valence-electron chi connectivity index (χ0n) is 11.9. The second kappa shape index (κ2) is 5.33. The van der Waals surface area contributed by atoms with Gasteiger partial charge in [0.15, 0.2) is 5.13 Å². The first-order valence-electron chi connectivity index (χ1n) is 6.81. The van der Waals surface area contributed by atoms with Gasteiger partial charge < -0.3 is 16.4 Å². The van der Waals surface area contributed by atoms with E-state index in [0.717, 1.165) is 24.2 Å². The first-order valence-corrected chi connectivity index (χ1v) is 7.63. The van der Waals surface area contributed by atoms with E-state index >= 15 is 0 Å². The van der Waals surface area contributed by atoms with E-state index in [1.807, 2.05) is 26.0 Å². The van der Waals surface area contributed by atoms with Crippen LogP contribution >= 0.6 is 11.3 Å². The Bertz CT molecular complexity index is 693. The van der Waals surface area contributed by atoms with Gasteiger partial charge in [-0.1, -0.05) is 11.3 Å². The normalized spacial score (nSPS) is 14.0. The minimum Gasteiger partial charge on any atom is -0.382 e. The monoisotopic (exact) mass is 303 g/mol. The number of rotatable bonds is 4. The van der Waals surface area contributed by atoms with Crippen molar-refractivity contribution in [2.24, 2.45) is 0 Å². The number of nitrogen functional groups attached to an aromatic ring is 1. The highest BCUT2D eigenvalue weighted by molar-refractivity contribution is 7.18. The van der Waals surface area contributed by atoms with Crippen molar-refractivity contribution < 1.29 is 4.79 Å². The van der Waals surface area contributed by atoms with Crippen molar-refractivity contribution in [2.75, 3.05) is 16.4 Å². The molecule has 1 saturated carbocycles. The molecule has 0 unspecified atom stereocenters. The molecule has 1 fully saturated rings. The Morgan fingerprint density at radius 1 is 1.33 bits per heavy atom. The summed E-state index contributed by atoms with van der Waals surface area (Å²) in [6, 6.07) is 4.18. The standard InChI is InChI=1S/C14H17N5OS/c1-7-3-6-10(8(2)16-7)18-13(20)11-12(15)19-14(21-11)17-9-4-5-9/h3,6,9H,4-5,15H2,1-2H3,(H,17,19)(H,18,20). The maximum Gasteiger partial charge on any atom is 0.269 e. The maximum absolute atomic E-state index is 12.3. The molecule has 0 spiro atoms. The number of thiazole rings is 1. The van der Waals surface area contributed by atoms with E-state index in [1.165, 1.54) is 11.3 Å². The second-order valence-corrected chi connectivity index (χ2v) is 6.19. The number of hydrogen-bond acceptors (Lipinski definition) is 6. The Balaban J connectivity index is 1.76. The van der Waals surface area contributed by atoms with Crippen molar-refractivity contribution >= 4 is 33.9 Å². The third-order valence-electron chi connectivity index (χ3n) is 3.24. The fourth-order valence-corrected chi connectivity index (χ4v) is 2.81. The molecule has 2 heterocycles. The molecule has 2 aromatic heterocycles. The Morgan fingerprint density at radius 2 is 2.10 bits per heavy atom. The summed E-state index contributed by atoms with van der Waals surface area (Å²) in [5.41, 5.74) is 8.22. The van der Waals surface area contributed by atoms with Gasteiger partial charge in [0.2, 0.25) is 0 Å². The zero-order valence-corrected chi connectivity index (χ0v) is 12.8. The van der Waals surface area contributed by atoms with Gasteiger partial charge in [0.1, 0.15) is 10.7 Å². The predicted octanol–water partition coefficient (Wildman–Crippen LogP) is 2.56. The molecule has 110 valence electrons. The molecule has 0 bridgehead atoms. The number of pyridine rings is 1. The van der Waals surface area contributed by atoms with Gasteiger partial charge in [-0.05, 0) is 38.8 Å². The minimum absolute atomic E-state index is 0.248. The van der Waals surface area contributed by atoms with Crippen LogP contribution in [0.2, 0.25) is 0 Å². The van der Waals surface area contributed by atoms with E-state index in [1.54, 1.807) is 0 Å². The van der Waals surface area contributed by atoms with Gasteiger partial charge in [-0.2, -0.15) is 0 Å². The Hall–Kier alpha value is -2.15. The van der Waals surface area contributed by atoms with Crippen LogP contribution in [-0.2, 0) is 0 Å². The first kappa shape index (κ1) is 13.8. The highest BCUT2D eigenvalue weighted by Crippen LogP contribution is 2.31. The average molecular weight is 303 g/mol. The number of anilines is 3. The molecule has 0 saturated heterocycles. The summed E-state index contributed by atoms with van der Waals surface area (Å²) in [7, 11) is 0. The van der Waals surface area contributed by atoms with E-state index < -0.39 is 0 Å². The molecule has 1 amide bonds. The largest absolute Gasteiger partial charge is 0.382 e. The summed E-state index contributed by atoms with van der Waals surface area (Å²) < 4.78 is 0. The number of aryl methyl sites for hydroxylation is 2. The lowest BCUT2D eigenvalue weighted by Gasteiger charge is -2.07. The molecule has 2 aromatic rings. The van der Waals surface area contributed by atoms with Crippen molar-refractivity contribution in [1.29, 1.82) is 0 Å². The van der Waals surface area contributed by atoms with Crippen LogP contribution in [0.15, 0.2) is 12.1 Å². The van der Waals surface area contributed by atoms with E-state index in [0.29, 0.717) is 21.7 Å². The summed E-state index contributed by atoms with van der Waals surface area (Å²) in [6.07, 6.45) is 2.30. The Morgan fingerprint density at radius 3 is 2.76 bits per heavy atom. The third kappa shape index (κ3) is 3.13. The quantitative estimate of drug-likeness (QED) is 0.807. The van der Waals surface area contributed by atoms with Gasteiger partial charge >= 0.3 is 0 Å². The molecule has 0 radical (unpaired) electrons. The van der Waals surface area contributed by atoms with Crippen LogP contribution in [-0.4, -0.2) is 21.9 Å². The van der Waals surface area contributed by atoms with Gasteiger partial charge in [0.25, 0.3) is 5.91 Å². The molecule has 4 N–H and O–H groups in total. The highest BCUT2D eigenvalue weighted by Gasteiger charge is 2.24. The van der Waals surface area contributed by atoms with Crippen LogP contribution in [0.1, 0.15) is 33.9 Å². The maximum atomic E-state index is 12.3. The molecule has 1 aliphatic rings. The number of nitrogens with one attached hydrogen (secondary N) is 2. The highest BCUT2D eigenvalue weighted by atomic mass is 32.1. The van der Waals surface area contributed by atoms with Crippen molar-refractivity contribution in [1.82, 2.24) is 9.97 Å². The molecule has 6 nitrogen and oxygen atoms in total. The summed E-state index contributed by atoms with van der Waals surface area (Å²) in [6.45, 7) is 3.77. The van der Waals surface area contributed by atoms with E-state index in [-0.39, 0.29) is 11.7 Å². The number of nitrogens with two attached hydrogens (primary N) is 1. The van der Waals surface area contributed by atoms with Gasteiger partial charge in [-0.3, -0.25) is 9.78 Å². The van der Waals surface area contributed by atoms with Crippen LogP contribution in [0.5, 0.6) is 0 Å². The average Bonchev–Trinajstić information content (AvgIpc) is 3.15. The Labute approximate surface area is 126 Å². The van der Waals surface area contributed by atoms with E-state index in [9.17, 15) is 4.79 Å². The van der Waals surface area contributed by atoms with Crippen molar-refractivity contribution in [3.8, 4) is 0 Å². The summed E-state index contributed by atoms with van der Waals surface area (Å²) >= 11 is 1.28. The molecular weight excluding hydrogens is 286 g/mol. The number of carbonyl (C=O) groups is 1. The van der Waals surface area contributed by atoms with Crippen LogP contribution in [0.4, 0.5) is 16.6 Å². The van der Waals surface area contributed by atoms with E-state index in [4.69, 9.17) is 5.73 Å². The van der Waals surface area contributed by atoms with Gasteiger partial charge in [-0.25, -0.2) is 4.98 Å². The molecule has 0 atom stereocenters. The van der Waals surface area contributed by atoms with Gasteiger partial charge in [0, 0.05) is 11.7 Å². The Kier molecular flexibility index (Phi) is 3.50. The summed E-state index contributed by atoms with van der Waals surface area (Å²) in [5, 5.41) is 6.80. The molecule has 0 aliphatic heterocycles. The number of hydrogen-bond donors (Lipinski definition) is 3. The summed E-state index contributed by atoms with van der Waals surface area (Å²) in [5.74, 6) is 0.0148. The van der Waals surface area contributed by atoms with Crippen LogP contribution in [0.25, 0.3) is 0 Å². The molecule has 7 heteroatoms. The summed E-state index contributed by atoms with van der Waals surface area (Å²) in [4.78, 5) is 21.3. The van der Waals surface area contributed by atoms with Crippen molar-refractivity contribution in [3.05, 3.63) is 28.4 Å². The number of carbonyl (C=O) groups excluding carboxylic acids is 1. The lowest BCUT2D eigenvalue weighted by atomic mass is 10.2. The van der Waals surface area contributed by atoms with E-state index in [2.05, 4.69) is 20.6 Å². The van der Waals surface area contributed by atoms with Gasteiger partial charge in [-0.15, -0.1) is 0 Å². The molecule has 21 heavy (non-hydrogen) atoms. The van der Waals surface area contributed by atoms with Crippen LogP contribution in [0.3, 0.4) is 0 Å². The number of amides is 1. The van der Waals surface area contributed by atoms with Gasteiger partial charge in [0.05, 0.1) is 11.4 Å². The number of aromatic nitrogens is 2. The fraction of sp³-hybridized carbons (Fsp3) is 0.357. The smallest absolute Gasteiger partial charge is 0.269 e. The number of nitrogens with zero attached hydrogens (tertiary/aromatic N) is 2. The van der Waals surface area contributed by atoms with Crippen LogP contribution < -0.4 is 16.4 Å². The minimum atomic E-state index is -0.248. The second-order valence-electron chi connectivity index (χ2n) is 5.19. The lowest BCUT2D eigenvalue weighted by Crippen LogP contribution is -2.13. The predicted molar refractivity (Wildman–Crippen MR) is 84.8 cm³/mol. The SMILES string of the molecule is Cc1ccc(NC(=O)c2sc(NC3CC3)nc2N)c(C)n1. The van der Waals surface area contributed by atoms with Crippen molar-refractivity contribution in [2.45, 2.75) is 32.7 Å². The molecule has 0 aromatic carbocycles. The fourth-order valence-electron chi connectivity index (χ4n) is 1.96. The zero-order chi connectivity index (χ0) is 15.0. The van der Waals surface area contributed by atoms with Crippen molar-refractivity contribution in [3.63, 3.8) is 0 Å². The topological polar surface area (TPSA) is 92.9 Å². The third-order valence-corrected chi connectivity index (χ3v) is 4.24. The van der Waals surface area contributed by atoms with Crippen LogP contribution in [0, 0.1) is 13.8 Å². The molecule has 1 aliphatic carbocycles. The first-order chi connectivity index (χ1) is 10.0. The molecular formula is C14H17N5OS. The lowest BCUT2D eigenvalue weighted by molar-refractivity contribution is 0.103.